The Kier molecular flexibility index (Phi) is 11.9. The number of benzene rings is 2. The Hall–Kier alpha value is -2.22. The van der Waals surface area contributed by atoms with E-state index in [4.69, 9.17) is 0 Å². The number of nitrogens with one attached hydrogen (secondary N) is 2. The Bertz CT molecular complexity index is 1010. The lowest BCUT2D eigenvalue weighted by atomic mass is 9.78. The van der Waals surface area contributed by atoms with Crippen LogP contribution in [0.15, 0.2) is 59.5 Å². The first-order chi connectivity index (χ1) is 17.0. The largest absolute Gasteiger partial charge is 0.352 e. The van der Waals surface area contributed by atoms with E-state index >= 15 is 0 Å². The summed E-state index contributed by atoms with van der Waals surface area (Å²) in [6, 6.07) is 16.9. The molecule has 4 rings (SSSR count). The molecule has 1 aliphatic carbocycles. The highest BCUT2D eigenvalue weighted by Gasteiger charge is 2.31. The Morgan fingerprint density at radius 1 is 0.971 bits per heavy atom. The number of carbonyl (C=O) groups is 1. The van der Waals surface area contributed by atoms with E-state index in [1.807, 2.05) is 32.6 Å². The van der Waals surface area contributed by atoms with E-state index in [-0.39, 0.29) is 22.9 Å². The molecule has 0 bridgehead atoms. The van der Waals surface area contributed by atoms with E-state index in [1.54, 1.807) is 30.3 Å². The van der Waals surface area contributed by atoms with Crippen molar-refractivity contribution in [2.75, 3.05) is 19.6 Å². The number of sulfonamides is 1. The first-order valence-electron chi connectivity index (χ1n) is 13.1. The Balaban J connectivity index is 0.00000103. The van der Waals surface area contributed by atoms with Crippen molar-refractivity contribution in [2.45, 2.75) is 83.2 Å². The lowest BCUT2D eigenvalue weighted by Crippen LogP contribution is -2.46. The van der Waals surface area contributed by atoms with Gasteiger partial charge in [-0.05, 0) is 48.9 Å². The van der Waals surface area contributed by atoms with Gasteiger partial charge in [0.15, 0.2) is 0 Å². The van der Waals surface area contributed by atoms with Gasteiger partial charge in [-0.2, -0.15) is 0 Å². The van der Waals surface area contributed by atoms with Gasteiger partial charge >= 0.3 is 0 Å². The molecular formula is C28H43N3O3S. The van der Waals surface area contributed by atoms with E-state index < -0.39 is 10.0 Å². The quantitative estimate of drug-likeness (QED) is 0.576. The van der Waals surface area contributed by atoms with Crippen LogP contribution in [-0.2, 0) is 21.2 Å². The summed E-state index contributed by atoms with van der Waals surface area (Å²) in [5.74, 6) is 0.368. The zero-order valence-electron chi connectivity index (χ0n) is 22.0. The van der Waals surface area contributed by atoms with Crippen molar-refractivity contribution in [2.24, 2.45) is 0 Å². The molecule has 1 aliphatic heterocycles. The predicted molar refractivity (Wildman–Crippen MR) is 144 cm³/mol. The minimum Gasteiger partial charge on any atom is -0.352 e. The average molecular weight is 502 g/mol. The Labute approximate surface area is 212 Å². The number of carbonyl (C=O) groups excluding carboxylic acids is 1. The van der Waals surface area contributed by atoms with Crippen LogP contribution in [0.4, 0.5) is 0 Å². The summed E-state index contributed by atoms with van der Waals surface area (Å²) in [6.07, 6.45) is 3.65. The van der Waals surface area contributed by atoms with Gasteiger partial charge in [-0.15, -0.1) is 0 Å². The molecule has 1 heterocycles. The lowest BCUT2D eigenvalue weighted by molar-refractivity contribution is -0.123. The zero-order valence-corrected chi connectivity index (χ0v) is 22.8. The van der Waals surface area contributed by atoms with Crippen molar-refractivity contribution in [3.63, 3.8) is 0 Å². The highest BCUT2D eigenvalue weighted by atomic mass is 32.2. The Morgan fingerprint density at radius 2 is 1.63 bits per heavy atom. The second-order valence-electron chi connectivity index (χ2n) is 8.58. The SMILES string of the molecule is CC.CC.CCC1c2ccccc2CCC1NC(=O)CN1CCC(NS(=O)(=O)c2ccccc2)C1. The number of fused-ring (bicyclic) bond motifs is 1. The fourth-order valence-corrected chi connectivity index (χ4v) is 6.23. The number of nitrogens with zero attached hydrogens (tertiary/aromatic N) is 1. The summed E-state index contributed by atoms with van der Waals surface area (Å²) < 4.78 is 27.9. The second kappa shape index (κ2) is 14.4. The molecular weight excluding hydrogens is 458 g/mol. The second-order valence-corrected chi connectivity index (χ2v) is 10.3. The summed E-state index contributed by atoms with van der Waals surface area (Å²) in [4.78, 5) is 15.1. The van der Waals surface area contributed by atoms with Crippen molar-refractivity contribution in [1.82, 2.24) is 14.9 Å². The van der Waals surface area contributed by atoms with E-state index in [2.05, 4.69) is 41.2 Å². The molecule has 35 heavy (non-hydrogen) atoms. The molecule has 1 amide bonds. The zero-order chi connectivity index (χ0) is 25.8. The lowest BCUT2D eigenvalue weighted by Gasteiger charge is -2.34. The molecule has 0 saturated carbocycles. The summed E-state index contributed by atoms with van der Waals surface area (Å²) in [6.45, 7) is 11.7. The molecule has 0 radical (unpaired) electrons. The van der Waals surface area contributed by atoms with Crippen molar-refractivity contribution < 1.29 is 13.2 Å². The van der Waals surface area contributed by atoms with Crippen LogP contribution in [0.1, 0.15) is 70.9 Å². The number of aryl methyl sites for hydroxylation is 1. The normalized spacial score (nSPS) is 21.6. The van der Waals surface area contributed by atoms with E-state index in [0.29, 0.717) is 32.0 Å². The fraction of sp³-hybridized carbons (Fsp3) is 0.536. The van der Waals surface area contributed by atoms with Crippen LogP contribution in [-0.4, -0.2) is 50.9 Å². The minimum atomic E-state index is -3.53. The van der Waals surface area contributed by atoms with Gasteiger partial charge in [0.25, 0.3) is 0 Å². The topological polar surface area (TPSA) is 78.5 Å². The summed E-state index contributed by atoms with van der Waals surface area (Å²) in [5.41, 5.74) is 2.76. The number of amides is 1. The van der Waals surface area contributed by atoms with E-state index in [0.717, 1.165) is 19.3 Å². The molecule has 3 atom stereocenters. The highest BCUT2D eigenvalue weighted by Crippen LogP contribution is 2.34. The van der Waals surface area contributed by atoms with E-state index in [9.17, 15) is 13.2 Å². The van der Waals surface area contributed by atoms with Gasteiger partial charge in [0, 0.05) is 31.1 Å². The van der Waals surface area contributed by atoms with Gasteiger partial charge in [-0.25, -0.2) is 13.1 Å². The van der Waals surface area contributed by atoms with Crippen LogP contribution >= 0.6 is 0 Å². The van der Waals surface area contributed by atoms with Crippen LogP contribution in [0, 0.1) is 0 Å². The van der Waals surface area contributed by atoms with Gasteiger partial charge in [0.05, 0.1) is 11.4 Å². The van der Waals surface area contributed by atoms with Gasteiger partial charge in [0.2, 0.25) is 15.9 Å². The molecule has 1 fully saturated rings. The minimum absolute atomic E-state index is 0.0226. The molecule has 2 aromatic rings. The van der Waals surface area contributed by atoms with Gasteiger partial charge < -0.3 is 5.32 Å². The van der Waals surface area contributed by atoms with Crippen LogP contribution in [0.3, 0.4) is 0 Å². The molecule has 6 nitrogen and oxygen atoms in total. The average Bonchev–Trinajstić information content (AvgIpc) is 3.32. The van der Waals surface area contributed by atoms with Gasteiger partial charge in [-0.1, -0.05) is 77.1 Å². The third-order valence-corrected chi connectivity index (χ3v) is 8.00. The molecule has 7 heteroatoms. The van der Waals surface area contributed by atoms with Crippen molar-refractivity contribution in [1.29, 1.82) is 0 Å². The molecule has 2 aliphatic rings. The summed E-state index contributed by atoms with van der Waals surface area (Å²) >= 11 is 0. The molecule has 0 aromatic heterocycles. The number of likely N-dealkylation sites (tertiary alicyclic amines) is 1. The predicted octanol–water partition coefficient (Wildman–Crippen LogP) is 4.72. The molecule has 2 N–H and O–H groups in total. The molecule has 194 valence electrons. The third kappa shape index (κ3) is 7.89. The molecule has 1 saturated heterocycles. The third-order valence-electron chi connectivity index (χ3n) is 6.47. The van der Waals surface area contributed by atoms with Gasteiger partial charge in [0.1, 0.15) is 0 Å². The fourth-order valence-electron chi connectivity index (χ4n) is 4.94. The number of hydrogen-bond donors (Lipinski definition) is 2. The highest BCUT2D eigenvalue weighted by molar-refractivity contribution is 7.89. The number of rotatable bonds is 7. The number of hydrogen-bond acceptors (Lipinski definition) is 4. The van der Waals surface area contributed by atoms with Crippen molar-refractivity contribution in [3.8, 4) is 0 Å². The monoisotopic (exact) mass is 501 g/mol. The van der Waals surface area contributed by atoms with Crippen LogP contribution in [0.25, 0.3) is 0 Å². The van der Waals surface area contributed by atoms with Gasteiger partial charge in [-0.3, -0.25) is 9.69 Å². The smallest absolute Gasteiger partial charge is 0.240 e. The van der Waals surface area contributed by atoms with Crippen molar-refractivity contribution >= 4 is 15.9 Å². The maximum atomic E-state index is 12.8. The Morgan fingerprint density at radius 3 is 2.31 bits per heavy atom. The summed E-state index contributed by atoms with van der Waals surface area (Å²) in [7, 11) is -3.53. The molecule has 3 unspecified atom stereocenters. The first kappa shape index (κ1) is 29.0. The van der Waals surface area contributed by atoms with Crippen LogP contribution in [0.2, 0.25) is 0 Å². The van der Waals surface area contributed by atoms with Crippen LogP contribution < -0.4 is 10.0 Å². The molecule has 0 spiro atoms. The first-order valence-corrected chi connectivity index (χ1v) is 14.6. The maximum Gasteiger partial charge on any atom is 0.240 e. The molecule has 2 aromatic carbocycles. The summed E-state index contributed by atoms with van der Waals surface area (Å²) in [5, 5.41) is 3.26. The standard InChI is InChI=1S/C24H31N3O3S.2C2H6/c1-2-21-22-11-7-6-8-18(22)12-13-23(21)25-24(28)17-27-15-14-19(16-27)26-31(29,30)20-9-4-3-5-10-20;2*1-2/h3-11,19,21,23,26H,2,12-17H2,1H3,(H,25,28);2*1-2H3. The van der Waals surface area contributed by atoms with Crippen molar-refractivity contribution in [3.05, 3.63) is 65.7 Å². The maximum absolute atomic E-state index is 12.8. The van der Waals surface area contributed by atoms with Crippen LogP contribution in [0.5, 0.6) is 0 Å². The van der Waals surface area contributed by atoms with E-state index in [1.165, 1.54) is 11.1 Å².